The highest BCUT2D eigenvalue weighted by Crippen LogP contribution is 2.35. The minimum absolute atomic E-state index is 0.0488. The van der Waals surface area contributed by atoms with E-state index in [4.69, 9.17) is 4.74 Å². The lowest BCUT2D eigenvalue weighted by molar-refractivity contribution is -0.125. The van der Waals surface area contributed by atoms with E-state index in [0.717, 1.165) is 0 Å². The number of benzene rings is 1. The van der Waals surface area contributed by atoms with Crippen LogP contribution in [0.1, 0.15) is 26.3 Å². The van der Waals surface area contributed by atoms with Crippen molar-refractivity contribution in [3.63, 3.8) is 0 Å². The fourth-order valence-corrected chi connectivity index (χ4v) is 4.96. The van der Waals surface area contributed by atoms with Crippen molar-refractivity contribution >= 4 is 27.5 Å². The molecule has 8 nitrogen and oxygen atoms in total. The second-order valence-electron chi connectivity index (χ2n) is 7.08. The highest BCUT2D eigenvalue weighted by molar-refractivity contribution is 7.89. The van der Waals surface area contributed by atoms with Gasteiger partial charge in [-0.1, -0.05) is 0 Å². The van der Waals surface area contributed by atoms with Crippen LogP contribution in [0.3, 0.4) is 0 Å². The van der Waals surface area contributed by atoms with Crippen LogP contribution in [-0.2, 0) is 30.8 Å². The Morgan fingerprint density at radius 2 is 1.89 bits per heavy atom. The summed E-state index contributed by atoms with van der Waals surface area (Å²) >= 11 is 0. The normalized spacial score (nSPS) is 20.6. The van der Waals surface area contributed by atoms with Crippen molar-refractivity contribution in [3.8, 4) is 0 Å². The van der Waals surface area contributed by atoms with Gasteiger partial charge >= 0.3 is 0 Å². The summed E-state index contributed by atoms with van der Waals surface area (Å²) in [5, 5.41) is 2.83. The lowest BCUT2D eigenvalue weighted by Crippen LogP contribution is -2.49. The summed E-state index contributed by atoms with van der Waals surface area (Å²) in [6.45, 7) is 6.50. The number of nitrogens with one attached hydrogen (secondary N) is 1. The molecule has 3 rings (SSSR count). The van der Waals surface area contributed by atoms with Gasteiger partial charge in [0, 0.05) is 38.2 Å². The van der Waals surface area contributed by atoms with Gasteiger partial charge in [-0.15, -0.1) is 0 Å². The maximum atomic E-state index is 12.9. The van der Waals surface area contributed by atoms with Crippen LogP contribution in [0.15, 0.2) is 23.1 Å². The molecule has 0 radical (unpaired) electrons. The van der Waals surface area contributed by atoms with Gasteiger partial charge in [-0.05, 0) is 37.6 Å². The van der Waals surface area contributed by atoms with Crippen molar-refractivity contribution in [2.24, 2.45) is 0 Å². The van der Waals surface area contributed by atoms with E-state index in [-0.39, 0.29) is 22.8 Å². The van der Waals surface area contributed by atoms with Gasteiger partial charge in [-0.2, -0.15) is 4.31 Å². The monoisotopic (exact) mass is 395 g/mol. The summed E-state index contributed by atoms with van der Waals surface area (Å²) in [4.78, 5) is 26.3. The fraction of sp³-hybridized carbons (Fsp3) is 0.556. The Morgan fingerprint density at radius 1 is 1.22 bits per heavy atom. The van der Waals surface area contributed by atoms with Crippen LogP contribution in [0.4, 0.5) is 5.69 Å². The van der Waals surface area contributed by atoms with Gasteiger partial charge in [0.1, 0.15) is 6.04 Å². The van der Waals surface area contributed by atoms with E-state index in [1.165, 1.54) is 22.2 Å². The number of hydrogen-bond acceptors (Lipinski definition) is 5. The Hall–Kier alpha value is -1.97. The van der Waals surface area contributed by atoms with Crippen LogP contribution < -0.4 is 10.2 Å². The van der Waals surface area contributed by atoms with Gasteiger partial charge < -0.3 is 10.1 Å². The molecule has 9 heteroatoms. The SMILES string of the molecule is CC(=O)N1c2ccc(S(=O)(=O)N3CCOCC3)cc2C[C@H]1C(=O)NC(C)C. The molecule has 1 aromatic carbocycles. The molecule has 0 aliphatic carbocycles. The molecule has 1 atom stereocenters. The number of anilines is 1. The number of carbonyl (C=O) groups excluding carboxylic acids is 2. The van der Waals surface area contributed by atoms with E-state index >= 15 is 0 Å². The summed E-state index contributed by atoms with van der Waals surface area (Å²) in [5.74, 6) is -0.490. The number of ether oxygens (including phenoxy) is 1. The average Bonchev–Trinajstić information content (AvgIpc) is 3.01. The molecule has 2 amide bonds. The van der Waals surface area contributed by atoms with Gasteiger partial charge in [-0.25, -0.2) is 8.42 Å². The van der Waals surface area contributed by atoms with E-state index in [1.807, 2.05) is 13.8 Å². The second-order valence-corrected chi connectivity index (χ2v) is 9.02. The molecule has 27 heavy (non-hydrogen) atoms. The minimum atomic E-state index is -3.63. The Labute approximate surface area is 159 Å². The quantitative estimate of drug-likeness (QED) is 0.801. The third kappa shape index (κ3) is 3.85. The van der Waals surface area contributed by atoms with Crippen molar-refractivity contribution < 1.29 is 22.7 Å². The molecule has 1 fully saturated rings. The summed E-state index contributed by atoms with van der Waals surface area (Å²) < 4.78 is 32.4. The number of rotatable bonds is 4. The Kier molecular flexibility index (Phi) is 5.55. The fourth-order valence-electron chi connectivity index (χ4n) is 3.50. The molecule has 1 N–H and O–H groups in total. The highest BCUT2D eigenvalue weighted by Gasteiger charge is 2.38. The Balaban J connectivity index is 1.92. The maximum Gasteiger partial charge on any atom is 0.243 e. The van der Waals surface area contributed by atoms with E-state index in [1.54, 1.807) is 12.1 Å². The van der Waals surface area contributed by atoms with Gasteiger partial charge in [0.2, 0.25) is 21.8 Å². The predicted molar refractivity (Wildman–Crippen MR) is 100.0 cm³/mol. The third-order valence-corrected chi connectivity index (χ3v) is 6.61. The first-order valence-electron chi connectivity index (χ1n) is 9.03. The van der Waals surface area contributed by atoms with E-state index in [2.05, 4.69) is 5.32 Å². The van der Waals surface area contributed by atoms with Crippen LogP contribution in [0.2, 0.25) is 0 Å². The zero-order valence-corrected chi connectivity index (χ0v) is 16.6. The van der Waals surface area contributed by atoms with Gasteiger partial charge in [0.25, 0.3) is 0 Å². The topological polar surface area (TPSA) is 96.0 Å². The molecule has 2 heterocycles. The standard InChI is InChI=1S/C18H25N3O5S/c1-12(2)19-18(23)17-11-14-10-15(4-5-16(14)21(17)13(3)22)27(24,25)20-6-8-26-9-7-20/h4-5,10,12,17H,6-9,11H2,1-3H3,(H,19,23)/t17-/m0/s1. The molecule has 1 aromatic rings. The smallest absolute Gasteiger partial charge is 0.243 e. The molecule has 0 spiro atoms. The van der Waals surface area contributed by atoms with Gasteiger partial charge in [0.05, 0.1) is 18.1 Å². The number of morpholine rings is 1. The first kappa shape index (κ1) is 19.8. The molecule has 2 aliphatic rings. The van der Waals surface area contributed by atoms with E-state index in [0.29, 0.717) is 44.0 Å². The first-order chi connectivity index (χ1) is 12.7. The van der Waals surface area contributed by atoms with Crippen molar-refractivity contribution in [2.45, 2.75) is 44.2 Å². The summed E-state index contributed by atoms with van der Waals surface area (Å²) in [6.07, 6.45) is 0.292. The Morgan fingerprint density at radius 3 is 2.48 bits per heavy atom. The van der Waals surface area contributed by atoms with Crippen LogP contribution >= 0.6 is 0 Å². The van der Waals surface area contributed by atoms with Crippen molar-refractivity contribution in [2.75, 3.05) is 31.2 Å². The number of sulfonamides is 1. The summed E-state index contributed by atoms with van der Waals surface area (Å²) in [6, 6.07) is 3.99. The van der Waals surface area contributed by atoms with Crippen LogP contribution in [0.25, 0.3) is 0 Å². The molecular formula is C18H25N3O5S. The molecule has 1 saturated heterocycles. The van der Waals surface area contributed by atoms with Gasteiger partial charge in [-0.3, -0.25) is 14.5 Å². The molecule has 0 saturated carbocycles. The summed E-state index contributed by atoms with van der Waals surface area (Å²) in [7, 11) is -3.63. The largest absolute Gasteiger partial charge is 0.379 e. The summed E-state index contributed by atoms with van der Waals surface area (Å²) in [5.41, 5.74) is 1.27. The highest BCUT2D eigenvalue weighted by atomic mass is 32.2. The first-order valence-corrected chi connectivity index (χ1v) is 10.5. The van der Waals surface area contributed by atoms with Crippen LogP contribution in [0, 0.1) is 0 Å². The van der Waals surface area contributed by atoms with Crippen LogP contribution in [-0.4, -0.2) is 62.9 Å². The lowest BCUT2D eigenvalue weighted by Gasteiger charge is -2.26. The van der Waals surface area contributed by atoms with Gasteiger partial charge in [0.15, 0.2) is 0 Å². The lowest BCUT2D eigenvalue weighted by atomic mass is 10.1. The number of nitrogens with zero attached hydrogens (tertiary/aromatic N) is 2. The predicted octanol–water partition coefficient (Wildman–Crippen LogP) is 0.510. The number of carbonyl (C=O) groups is 2. The van der Waals surface area contributed by atoms with Crippen molar-refractivity contribution in [1.29, 1.82) is 0 Å². The molecule has 148 valence electrons. The zero-order chi connectivity index (χ0) is 19.8. The van der Waals surface area contributed by atoms with E-state index < -0.39 is 16.1 Å². The maximum absolute atomic E-state index is 12.9. The molecule has 0 bridgehead atoms. The van der Waals surface area contributed by atoms with E-state index in [9.17, 15) is 18.0 Å². The van der Waals surface area contributed by atoms with Crippen molar-refractivity contribution in [1.82, 2.24) is 9.62 Å². The number of amides is 2. The number of fused-ring (bicyclic) bond motifs is 1. The van der Waals surface area contributed by atoms with Crippen molar-refractivity contribution in [3.05, 3.63) is 23.8 Å². The molecular weight excluding hydrogens is 370 g/mol. The van der Waals surface area contributed by atoms with Crippen LogP contribution in [0.5, 0.6) is 0 Å². The molecule has 2 aliphatic heterocycles. The second kappa shape index (κ2) is 7.57. The minimum Gasteiger partial charge on any atom is -0.379 e. The zero-order valence-electron chi connectivity index (χ0n) is 15.8. The average molecular weight is 395 g/mol. The molecule has 0 aromatic heterocycles. The third-order valence-electron chi connectivity index (χ3n) is 4.72. The molecule has 0 unspecified atom stereocenters. The Bertz CT molecular complexity index is 847. The number of hydrogen-bond donors (Lipinski definition) is 1.